The van der Waals surface area contributed by atoms with E-state index in [-0.39, 0.29) is 10.6 Å². The predicted molar refractivity (Wildman–Crippen MR) is 113 cm³/mol. The SMILES string of the molecule is CCCCc1ccc(NC(=O)[C@H](C)NS(=O)(=O)c2ccc(OC)c(OC)c2)cc1. The topological polar surface area (TPSA) is 93.7 Å². The zero-order valence-electron chi connectivity index (χ0n) is 17.2. The van der Waals surface area contributed by atoms with Gasteiger partial charge in [-0.3, -0.25) is 4.79 Å². The van der Waals surface area contributed by atoms with Crippen LogP contribution in [0.4, 0.5) is 5.69 Å². The van der Waals surface area contributed by atoms with Crippen LogP contribution in [-0.2, 0) is 21.2 Å². The smallest absolute Gasteiger partial charge is 0.242 e. The Morgan fingerprint density at radius 1 is 1.03 bits per heavy atom. The number of carbonyl (C=O) groups is 1. The molecule has 0 saturated carbocycles. The number of anilines is 1. The van der Waals surface area contributed by atoms with E-state index < -0.39 is 22.0 Å². The first kappa shape index (κ1) is 22.7. The number of methoxy groups -OCH3 is 2. The Bertz CT molecular complexity index is 927. The van der Waals surface area contributed by atoms with Gasteiger partial charge in [-0.1, -0.05) is 25.5 Å². The lowest BCUT2D eigenvalue weighted by Crippen LogP contribution is -2.41. The summed E-state index contributed by atoms with van der Waals surface area (Å²) in [6.45, 7) is 3.63. The summed E-state index contributed by atoms with van der Waals surface area (Å²) in [6.07, 6.45) is 3.23. The van der Waals surface area contributed by atoms with Gasteiger partial charge in [-0.25, -0.2) is 8.42 Å². The molecule has 0 bridgehead atoms. The normalized spacial score (nSPS) is 12.3. The van der Waals surface area contributed by atoms with Gasteiger partial charge in [0.25, 0.3) is 0 Å². The van der Waals surface area contributed by atoms with Gasteiger partial charge in [-0.05, 0) is 49.6 Å². The summed E-state index contributed by atoms with van der Waals surface area (Å²) >= 11 is 0. The second-order valence-electron chi connectivity index (χ2n) is 6.65. The third-order valence-corrected chi connectivity index (χ3v) is 5.97. The van der Waals surface area contributed by atoms with E-state index in [9.17, 15) is 13.2 Å². The highest BCUT2D eigenvalue weighted by atomic mass is 32.2. The summed E-state index contributed by atoms with van der Waals surface area (Å²) < 4.78 is 37.9. The molecule has 7 nitrogen and oxygen atoms in total. The quantitative estimate of drug-likeness (QED) is 0.615. The molecule has 0 heterocycles. The van der Waals surface area contributed by atoms with Crippen molar-refractivity contribution in [3.63, 3.8) is 0 Å². The molecule has 8 heteroatoms. The Morgan fingerprint density at radius 3 is 2.28 bits per heavy atom. The van der Waals surface area contributed by atoms with E-state index in [0.717, 1.165) is 19.3 Å². The van der Waals surface area contributed by atoms with Crippen molar-refractivity contribution >= 4 is 21.6 Å². The average molecular weight is 421 g/mol. The first-order valence-electron chi connectivity index (χ1n) is 9.45. The molecule has 0 spiro atoms. The van der Waals surface area contributed by atoms with E-state index in [1.165, 1.54) is 44.9 Å². The van der Waals surface area contributed by atoms with Crippen LogP contribution in [0.1, 0.15) is 32.3 Å². The number of ether oxygens (including phenoxy) is 2. The van der Waals surface area contributed by atoms with E-state index in [1.54, 1.807) is 0 Å². The third kappa shape index (κ3) is 6.20. The molecule has 0 unspecified atom stereocenters. The lowest BCUT2D eigenvalue weighted by atomic mass is 10.1. The summed E-state index contributed by atoms with van der Waals surface area (Å²) in [7, 11) is -1.03. The highest BCUT2D eigenvalue weighted by Gasteiger charge is 2.23. The molecular weight excluding hydrogens is 392 g/mol. The number of hydrogen-bond donors (Lipinski definition) is 2. The molecule has 158 valence electrons. The maximum Gasteiger partial charge on any atom is 0.242 e. The zero-order valence-corrected chi connectivity index (χ0v) is 18.0. The van der Waals surface area contributed by atoms with Crippen molar-refractivity contribution < 1.29 is 22.7 Å². The summed E-state index contributed by atoms with van der Waals surface area (Å²) in [5, 5.41) is 2.73. The fourth-order valence-electron chi connectivity index (χ4n) is 2.72. The maximum atomic E-state index is 12.6. The van der Waals surface area contributed by atoms with Crippen LogP contribution in [0.3, 0.4) is 0 Å². The highest BCUT2D eigenvalue weighted by Crippen LogP contribution is 2.29. The highest BCUT2D eigenvalue weighted by molar-refractivity contribution is 7.89. The van der Waals surface area contributed by atoms with Gasteiger partial charge in [0.05, 0.1) is 25.2 Å². The van der Waals surface area contributed by atoms with Crippen LogP contribution in [-0.4, -0.2) is 34.6 Å². The van der Waals surface area contributed by atoms with E-state index in [4.69, 9.17) is 9.47 Å². The summed E-state index contributed by atoms with van der Waals surface area (Å²) in [4.78, 5) is 12.4. The van der Waals surface area contributed by atoms with Gasteiger partial charge in [0.2, 0.25) is 15.9 Å². The van der Waals surface area contributed by atoms with Gasteiger partial charge in [-0.15, -0.1) is 0 Å². The zero-order chi connectivity index (χ0) is 21.4. The average Bonchev–Trinajstić information content (AvgIpc) is 2.72. The standard InChI is InChI=1S/C21H28N2O5S/c1-5-6-7-16-8-10-17(11-9-16)22-21(24)15(2)23-29(25,26)18-12-13-19(27-3)20(14-18)28-4/h8-15,23H,5-7H2,1-4H3,(H,22,24)/t15-/m0/s1. The molecule has 1 atom stereocenters. The second-order valence-corrected chi connectivity index (χ2v) is 8.36. The molecule has 1 amide bonds. The van der Waals surface area contributed by atoms with Crippen molar-refractivity contribution in [3.05, 3.63) is 48.0 Å². The van der Waals surface area contributed by atoms with Gasteiger partial charge < -0.3 is 14.8 Å². The van der Waals surface area contributed by atoms with Crippen LogP contribution in [0.2, 0.25) is 0 Å². The number of nitrogens with one attached hydrogen (secondary N) is 2. The molecule has 29 heavy (non-hydrogen) atoms. The fraction of sp³-hybridized carbons (Fsp3) is 0.381. The largest absolute Gasteiger partial charge is 0.493 e. The lowest BCUT2D eigenvalue weighted by Gasteiger charge is -2.16. The van der Waals surface area contributed by atoms with Crippen molar-refractivity contribution in [3.8, 4) is 11.5 Å². The van der Waals surface area contributed by atoms with Crippen LogP contribution in [0, 0.1) is 0 Å². The van der Waals surface area contributed by atoms with Crippen molar-refractivity contribution in [2.24, 2.45) is 0 Å². The third-order valence-electron chi connectivity index (χ3n) is 4.43. The predicted octanol–water partition coefficient (Wildman–Crippen LogP) is 3.35. The monoisotopic (exact) mass is 420 g/mol. The van der Waals surface area contributed by atoms with E-state index in [0.29, 0.717) is 11.4 Å². The van der Waals surface area contributed by atoms with Gasteiger partial charge in [0.15, 0.2) is 11.5 Å². The second kappa shape index (κ2) is 10.3. The molecule has 0 aliphatic carbocycles. The first-order valence-corrected chi connectivity index (χ1v) is 10.9. The van der Waals surface area contributed by atoms with Crippen molar-refractivity contribution in [2.75, 3.05) is 19.5 Å². The van der Waals surface area contributed by atoms with Crippen LogP contribution in [0.25, 0.3) is 0 Å². The van der Waals surface area contributed by atoms with E-state index in [1.807, 2.05) is 24.3 Å². The number of benzene rings is 2. The molecule has 2 N–H and O–H groups in total. The van der Waals surface area contributed by atoms with E-state index in [2.05, 4.69) is 17.0 Å². The first-order chi connectivity index (χ1) is 13.8. The van der Waals surface area contributed by atoms with Crippen LogP contribution in [0.15, 0.2) is 47.4 Å². The summed E-state index contributed by atoms with van der Waals surface area (Å²) in [5.74, 6) is 0.255. The van der Waals surface area contributed by atoms with Gasteiger partial charge in [-0.2, -0.15) is 4.72 Å². The van der Waals surface area contributed by atoms with Crippen LogP contribution >= 0.6 is 0 Å². The number of carbonyl (C=O) groups excluding carboxylic acids is 1. The molecule has 0 fully saturated rings. The minimum absolute atomic E-state index is 0.0184. The Labute approximate surface area is 172 Å². The molecule has 0 saturated heterocycles. The number of aryl methyl sites for hydroxylation is 1. The summed E-state index contributed by atoms with van der Waals surface area (Å²) in [6, 6.07) is 10.8. The minimum Gasteiger partial charge on any atom is -0.493 e. The number of sulfonamides is 1. The van der Waals surface area contributed by atoms with Crippen LogP contribution < -0.4 is 19.5 Å². The molecular formula is C21H28N2O5S. The number of rotatable bonds is 10. The number of amides is 1. The fourth-order valence-corrected chi connectivity index (χ4v) is 3.94. The van der Waals surface area contributed by atoms with E-state index >= 15 is 0 Å². The summed E-state index contributed by atoms with van der Waals surface area (Å²) in [5.41, 5.74) is 1.82. The molecule has 0 aromatic heterocycles. The van der Waals surface area contributed by atoms with Gasteiger partial charge >= 0.3 is 0 Å². The van der Waals surface area contributed by atoms with Crippen molar-refractivity contribution in [1.82, 2.24) is 4.72 Å². The minimum atomic E-state index is -3.92. The lowest BCUT2D eigenvalue weighted by molar-refractivity contribution is -0.117. The Kier molecular flexibility index (Phi) is 8.04. The van der Waals surface area contributed by atoms with Crippen molar-refractivity contribution in [2.45, 2.75) is 44.0 Å². The number of unbranched alkanes of at least 4 members (excludes halogenated alkanes) is 1. The molecule has 2 rings (SSSR count). The Hall–Kier alpha value is -2.58. The number of hydrogen-bond acceptors (Lipinski definition) is 5. The molecule has 0 radical (unpaired) electrons. The Balaban J connectivity index is 2.04. The van der Waals surface area contributed by atoms with Crippen molar-refractivity contribution in [1.29, 1.82) is 0 Å². The van der Waals surface area contributed by atoms with Crippen LogP contribution in [0.5, 0.6) is 11.5 Å². The van der Waals surface area contributed by atoms with Gasteiger partial charge in [0, 0.05) is 11.8 Å². The molecule has 0 aliphatic heterocycles. The molecule has 2 aromatic carbocycles. The van der Waals surface area contributed by atoms with Gasteiger partial charge in [0.1, 0.15) is 0 Å². The molecule has 0 aliphatic rings. The maximum absolute atomic E-state index is 12.6. The molecule has 2 aromatic rings. The Morgan fingerprint density at radius 2 is 1.69 bits per heavy atom.